The lowest BCUT2D eigenvalue weighted by Gasteiger charge is -2.24. The second-order valence-corrected chi connectivity index (χ2v) is 6.88. The predicted octanol–water partition coefficient (Wildman–Crippen LogP) is 5.84. The van der Waals surface area contributed by atoms with E-state index in [1.54, 1.807) is 25.3 Å². The number of hydrogen-bond acceptors (Lipinski definition) is 3. The minimum absolute atomic E-state index is 0.284. The number of halogens is 1. The summed E-state index contributed by atoms with van der Waals surface area (Å²) in [5, 5.41) is 2.57. The van der Waals surface area contributed by atoms with Gasteiger partial charge in [-0.2, -0.15) is 0 Å². The van der Waals surface area contributed by atoms with Crippen LogP contribution in [-0.2, 0) is 0 Å². The van der Waals surface area contributed by atoms with Crippen molar-refractivity contribution in [1.82, 2.24) is 0 Å². The summed E-state index contributed by atoms with van der Waals surface area (Å²) >= 11 is 6.19. The summed E-state index contributed by atoms with van der Waals surface area (Å²) in [5.74, 6) is 1.50. The molecule has 0 aliphatic carbocycles. The molecule has 1 heterocycles. The Hall–Kier alpha value is -3.44. The standard InChI is InChI=1S/C23H20ClN3O2/c1-26-23(25)27(22-19-9-4-3-6-17(19)14-29-22)20-13-16(10-11-21(20)28-2)15-7-5-8-18(24)12-15/h3-14H,1-2H3,(H2,25,26). The van der Waals surface area contributed by atoms with E-state index in [0.29, 0.717) is 22.3 Å². The van der Waals surface area contributed by atoms with Crippen LogP contribution in [0.4, 0.5) is 11.6 Å². The van der Waals surface area contributed by atoms with Crippen LogP contribution in [0, 0.1) is 0 Å². The lowest BCUT2D eigenvalue weighted by atomic mass is 10.0. The van der Waals surface area contributed by atoms with E-state index in [0.717, 1.165) is 21.9 Å². The van der Waals surface area contributed by atoms with E-state index in [4.69, 9.17) is 26.5 Å². The van der Waals surface area contributed by atoms with Crippen LogP contribution < -0.4 is 15.4 Å². The molecule has 0 fully saturated rings. The van der Waals surface area contributed by atoms with Crippen molar-refractivity contribution >= 4 is 39.9 Å². The number of ether oxygens (including phenoxy) is 1. The van der Waals surface area contributed by atoms with Gasteiger partial charge in [0, 0.05) is 22.8 Å². The second kappa shape index (κ2) is 7.89. The van der Waals surface area contributed by atoms with E-state index in [9.17, 15) is 0 Å². The van der Waals surface area contributed by atoms with Gasteiger partial charge in [0.15, 0.2) is 0 Å². The number of nitrogens with two attached hydrogens (primary N) is 1. The molecule has 0 amide bonds. The van der Waals surface area contributed by atoms with Gasteiger partial charge in [-0.15, -0.1) is 0 Å². The van der Waals surface area contributed by atoms with Crippen LogP contribution in [0.25, 0.3) is 21.9 Å². The minimum Gasteiger partial charge on any atom is -0.495 e. The van der Waals surface area contributed by atoms with Crippen molar-refractivity contribution in [3.63, 3.8) is 0 Å². The van der Waals surface area contributed by atoms with Crippen LogP contribution in [0.15, 0.2) is 82.4 Å². The maximum atomic E-state index is 6.31. The van der Waals surface area contributed by atoms with Crippen LogP contribution in [0.5, 0.6) is 5.75 Å². The molecule has 0 atom stereocenters. The maximum Gasteiger partial charge on any atom is 0.214 e. The molecule has 2 N–H and O–H groups in total. The summed E-state index contributed by atoms with van der Waals surface area (Å²) in [6.07, 6.45) is 1.70. The van der Waals surface area contributed by atoms with Crippen LogP contribution in [-0.4, -0.2) is 20.1 Å². The van der Waals surface area contributed by atoms with Crippen molar-refractivity contribution < 1.29 is 9.15 Å². The first kappa shape index (κ1) is 18.9. The summed E-state index contributed by atoms with van der Waals surface area (Å²) in [7, 11) is 3.26. The number of furan rings is 1. The molecule has 4 rings (SSSR count). The maximum absolute atomic E-state index is 6.31. The third-order valence-electron chi connectivity index (χ3n) is 4.73. The van der Waals surface area contributed by atoms with E-state index in [1.165, 1.54) is 0 Å². The number of methoxy groups -OCH3 is 1. The van der Waals surface area contributed by atoms with Crippen LogP contribution in [0.3, 0.4) is 0 Å². The van der Waals surface area contributed by atoms with Crippen LogP contribution in [0.2, 0.25) is 5.02 Å². The number of anilines is 2. The van der Waals surface area contributed by atoms with Gasteiger partial charge < -0.3 is 14.9 Å². The molecule has 0 aliphatic heterocycles. The molecule has 0 unspecified atom stereocenters. The molecule has 0 bridgehead atoms. The van der Waals surface area contributed by atoms with Crippen molar-refractivity contribution in [1.29, 1.82) is 0 Å². The molecular formula is C23H20ClN3O2. The second-order valence-electron chi connectivity index (χ2n) is 6.44. The predicted molar refractivity (Wildman–Crippen MR) is 119 cm³/mol. The van der Waals surface area contributed by atoms with Gasteiger partial charge in [0.05, 0.1) is 12.8 Å². The lowest BCUT2D eigenvalue weighted by molar-refractivity contribution is 0.415. The Labute approximate surface area is 174 Å². The van der Waals surface area contributed by atoms with Gasteiger partial charge >= 0.3 is 0 Å². The number of guanidine groups is 1. The van der Waals surface area contributed by atoms with Crippen molar-refractivity contribution in [2.75, 3.05) is 19.1 Å². The number of hydrogen-bond donors (Lipinski definition) is 1. The molecule has 0 saturated heterocycles. The topological polar surface area (TPSA) is 64.0 Å². The van der Waals surface area contributed by atoms with Gasteiger partial charge in [-0.25, -0.2) is 4.90 Å². The van der Waals surface area contributed by atoms with Gasteiger partial charge in [0.25, 0.3) is 0 Å². The van der Waals surface area contributed by atoms with Gasteiger partial charge in [-0.05, 0) is 41.5 Å². The monoisotopic (exact) mass is 405 g/mol. The molecule has 4 aromatic rings. The highest BCUT2D eigenvalue weighted by Crippen LogP contribution is 2.40. The van der Waals surface area contributed by atoms with Crippen LogP contribution in [0.1, 0.15) is 0 Å². The summed E-state index contributed by atoms with van der Waals surface area (Å²) < 4.78 is 11.5. The fraction of sp³-hybridized carbons (Fsp3) is 0.0870. The highest BCUT2D eigenvalue weighted by molar-refractivity contribution is 6.30. The summed E-state index contributed by atoms with van der Waals surface area (Å²) in [6, 6.07) is 21.4. The number of nitrogens with zero attached hydrogens (tertiary/aromatic N) is 2. The quantitative estimate of drug-likeness (QED) is 0.342. The molecule has 3 aromatic carbocycles. The number of benzene rings is 3. The Morgan fingerprint density at radius 2 is 1.83 bits per heavy atom. The Bertz CT molecular complexity index is 1200. The number of rotatable bonds is 4. The van der Waals surface area contributed by atoms with Crippen molar-refractivity contribution in [3.8, 4) is 16.9 Å². The summed E-state index contributed by atoms with van der Waals surface area (Å²) in [6.45, 7) is 0. The first-order valence-corrected chi connectivity index (χ1v) is 9.42. The first-order valence-electron chi connectivity index (χ1n) is 9.05. The zero-order valence-electron chi connectivity index (χ0n) is 16.1. The first-order chi connectivity index (χ1) is 14.1. The smallest absolute Gasteiger partial charge is 0.214 e. The van der Waals surface area contributed by atoms with Crippen molar-refractivity contribution in [2.45, 2.75) is 0 Å². The van der Waals surface area contributed by atoms with E-state index in [-0.39, 0.29) is 5.96 Å². The molecule has 0 aliphatic rings. The molecule has 5 nitrogen and oxygen atoms in total. The van der Waals surface area contributed by atoms with Crippen molar-refractivity contribution in [3.05, 3.63) is 78.0 Å². The molecular weight excluding hydrogens is 386 g/mol. The Morgan fingerprint density at radius 3 is 2.59 bits per heavy atom. The van der Waals surface area contributed by atoms with Gasteiger partial charge in [0.1, 0.15) is 12.0 Å². The largest absolute Gasteiger partial charge is 0.495 e. The van der Waals surface area contributed by atoms with E-state index in [1.807, 2.05) is 66.7 Å². The SMILES string of the molecule is CN=C(N)N(c1cc(-c2cccc(Cl)c2)ccc1OC)c1occ2ccccc12. The number of aliphatic imine (C=N–C) groups is 1. The molecule has 0 saturated carbocycles. The number of fused-ring (bicyclic) bond motifs is 1. The van der Waals surface area contributed by atoms with Gasteiger partial charge in [-0.3, -0.25) is 4.99 Å². The summed E-state index contributed by atoms with van der Waals surface area (Å²) in [5.41, 5.74) is 8.97. The normalized spacial score (nSPS) is 11.6. The minimum atomic E-state index is 0.284. The average molecular weight is 406 g/mol. The molecule has 6 heteroatoms. The molecule has 146 valence electrons. The Balaban J connectivity index is 1.94. The Morgan fingerprint density at radius 1 is 1.03 bits per heavy atom. The molecule has 0 radical (unpaired) electrons. The lowest BCUT2D eigenvalue weighted by Crippen LogP contribution is -2.33. The zero-order chi connectivity index (χ0) is 20.4. The fourth-order valence-corrected chi connectivity index (χ4v) is 3.49. The van der Waals surface area contributed by atoms with E-state index in [2.05, 4.69) is 4.99 Å². The molecule has 1 aromatic heterocycles. The average Bonchev–Trinajstić information content (AvgIpc) is 3.17. The highest BCUT2D eigenvalue weighted by Gasteiger charge is 2.23. The van der Waals surface area contributed by atoms with Gasteiger partial charge in [-0.1, -0.05) is 48.0 Å². The van der Waals surface area contributed by atoms with E-state index >= 15 is 0 Å². The van der Waals surface area contributed by atoms with Crippen LogP contribution >= 0.6 is 11.6 Å². The summed E-state index contributed by atoms with van der Waals surface area (Å²) in [4.78, 5) is 5.96. The van der Waals surface area contributed by atoms with Crippen molar-refractivity contribution in [2.24, 2.45) is 10.7 Å². The third kappa shape index (κ3) is 3.52. The highest BCUT2D eigenvalue weighted by atomic mass is 35.5. The fourth-order valence-electron chi connectivity index (χ4n) is 3.30. The third-order valence-corrected chi connectivity index (χ3v) is 4.96. The van der Waals surface area contributed by atoms with E-state index < -0.39 is 0 Å². The molecule has 0 spiro atoms. The Kier molecular flexibility index (Phi) is 5.14. The molecule has 29 heavy (non-hydrogen) atoms. The zero-order valence-corrected chi connectivity index (χ0v) is 16.9. The van der Waals surface area contributed by atoms with Gasteiger partial charge in [0.2, 0.25) is 11.8 Å².